The molecule has 1 atom stereocenters. The van der Waals surface area contributed by atoms with Gasteiger partial charge in [-0.25, -0.2) is 0 Å². The van der Waals surface area contributed by atoms with Crippen molar-refractivity contribution in [1.82, 2.24) is 15.1 Å². The van der Waals surface area contributed by atoms with Crippen molar-refractivity contribution in [2.45, 2.75) is 32.2 Å². The fourth-order valence-electron chi connectivity index (χ4n) is 2.40. The van der Waals surface area contributed by atoms with Gasteiger partial charge in [0, 0.05) is 23.9 Å². The molecule has 3 rings (SSSR count). The summed E-state index contributed by atoms with van der Waals surface area (Å²) < 4.78 is 5.73. The summed E-state index contributed by atoms with van der Waals surface area (Å²) in [6.45, 7) is 2.66. The minimum Gasteiger partial charge on any atom is -0.418 e. The molecule has 1 aliphatic rings. The summed E-state index contributed by atoms with van der Waals surface area (Å²) in [7, 11) is 0. The Morgan fingerprint density at radius 2 is 2.47 bits per heavy atom. The summed E-state index contributed by atoms with van der Waals surface area (Å²) in [6, 6.07) is 1.90. The molecule has 1 aliphatic heterocycles. The molecule has 0 N–H and O–H groups in total. The van der Waals surface area contributed by atoms with Crippen LogP contribution in [-0.2, 0) is 4.79 Å². The van der Waals surface area contributed by atoms with Gasteiger partial charge in [0.1, 0.15) is 6.04 Å². The van der Waals surface area contributed by atoms with E-state index >= 15 is 0 Å². The van der Waals surface area contributed by atoms with Crippen LogP contribution in [-0.4, -0.2) is 27.5 Å². The van der Waals surface area contributed by atoms with Gasteiger partial charge in [-0.1, -0.05) is 6.92 Å². The molecule has 1 fully saturated rings. The number of hydrogen-bond donors (Lipinski definition) is 0. The van der Waals surface area contributed by atoms with Gasteiger partial charge in [0.15, 0.2) is 0 Å². The zero-order chi connectivity index (χ0) is 13.2. The quantitative estimate of drug-likeness (QED) is 0.865. The number of thiophene rings is 1. The van der Waals surface area contributed by atoms with Crippen molar-refractivity contribution < 1.29 is 9.21 Å². The maximum absolute atomic E-state index is 11.9. The van der Waals surface area contributed by atoms with E-state index in [9.17, 15) is 4.79 Å². The predicted molar refractivity (Wildman–Crippen MR) is 71.6 cm³/mol. The average molecular weight is 277 g/mol. The van der Waals surface area contributed by atoms with Gasteiger partial charge in [0.25, 0.3) is 0 Å². The second-order valence-electron chi connectivity index (χ2n) is 4.56. The number of likely N-dealkylation sites (tertiary alicyclic amines) is 1. The lowest BCUT2D eigenvalue weighted by Gasteiger charge is -2.21. The molecule has 0 unspecified atom stereocenters. The Kier molecular flexibility index (Phi) is 3.33. The highest BCUT2D eigenvalue weighted by atomic mass is 32.1. The Bertz CT molecular complexity index is 564. The summed E-state index contributed by atoms with van der Waals surface area (Å²) in [5.41, 5.74) is 0.940. The number of carbonyl (C=O) groups is 1. The Morgan fingerprint density at radius 1 is 1.58 bits per heavy atom. The Labute approximate surface area is 115 Å². The predicted octanol–water partition coefficient (Wildman–Crippen LogP) is 2.87. The van der Waals surface area contributed by atoms with Gasteiger partial charge in [-0.05, 0) is 24.3 Å². The SMILES string of the molecule is CCC(=O)N1CCC[C@@H]1c1nnc(-c2ccsc2)o1. The van der Waals surface area contributed by atoms with Crippen LogP contribution in [0.3, 0.4) is 0 Å². The molecule has 6 heteroatoms. The van der Waals surface area contributed by atoms with E-state index in [-0.39, 0.29) is 11.9 Å². The van der Waals surface area contributed by atoms with Gasteiger partial charge in [0.05, 0.1) is 0 Å². The molecule has 1 amide bonds. The third kappa shape index (κ3) is 2.28. The van der Waals surface area contributed by atoms with Crippen molar-refractivity contribution >= 4 is 17.2 Å². The molecular formula is C13H15N3O2S. The number of nitrogens with zero attached hydrogens (tertiary/aromatic N) is 3. The van der Waals surface area contributed by atoms with Crippen molar-refractivity contribution in [3.8, 4) is 11.5 Å². The first-order chi connectivity index (χ1) is 9.29. The summed E-state index contributed by atoms with van der Waals surface area (Å²) in [5, 5.41) is 12.1. The smallest absolute Gasteiger partial charge is 0.248 e. The molecule has 0 aliphatic carbocycles. The molecule has 0 saturated carbocycles. The molecule has 0 radical (unpaired) electrons. The lowest BCUT2D eigenvalue weighted by Crippen LogP contribution is -2.29. The highest BCUT2D eigenvalue weighted by molar-refractivity contribution is 7.08. The van der Waals surface area contributed by atoms with Crippen LogP contribution in [0.1, 0.15) is 38.1 Å². The van der Waals surface area contributed by atoms with Crippen molar-refractivity contribution in [3.05, 3.63) is 22.7 Å². The number of amides is 1. The second-order valence-corrected chi connectivity index (χ2v) is 5.34. The molecule has 2 aromatic rings. The molecule has 19 heavy (non-hydrogen) atoms. The van der Waals surface area contributed by atoms with Crippen LogP contribution >= 0.6 is 11.3 Å². The third-order valence-electron chi connectivity index (χ3n) is 3.37. The third-order valence-corrected chi connectivity index (χ3v) is 4.05. The lowest BCUT2D eigenvalue weighted by atomic mass is 10.2. The van der Waals surface area contributed by atoms with Crippen LogP contribution in [0, 0.1) is 0 Å². The Hall–Kier alpha value is -1.69. The second kappa shape index (κ2) is 5.13. The van der Waals surface area contributed by atoms with E-state index in [1.54, 1.807) is 11.3 Å². The molecule has 1 saturated heterocycles. The Morgan fingerprint density at radius 3 is 3.21 bits per heavy atom. The number of hydrogen-bond acceptors (Lipinski definition) is 5. The number of aromatic nitrogens is 2. The monoisotopic (exact) mass is 277 g/mol. The standard InChI is InChI=1S/C13H15N3O2S/c1-2-11(17)16-6-3-4-10(16)13-15-14-12(18-13)9-5-7-19-8-9/h5,7-8,10H,2-4,6H2,1H3/t10-/m1/s1. The van der Waals surface area contributed by atoms with Crippen LogP contribution in [0.2, 0.25) is 0 Å². The zero-order valence-corrected chi connectivity index (χ0v) is 11.5. The van der Waals surface area contributed by atoms with Gasteiger partial charge in [-0.2, -0.15) is 11.3 Å². The minimum atomic E-state index is -0.0488. The van der Waals surface area contributed by atoms with Crippen LogP contribution < -0.4 is 0 Å². The van der Waals surface area contributed by atoms with Gasteiger partial charge in [0.2, 0.25) is 17.7 Å². The van der Waals surface area contributed by atoms with Gasteiger partial charge < -0.3 is 9.32 Å². The first kappa shape index (κ1) is 12.3. The first-order valence-electron chi connectivity index (χ1n) is 6.45. The molecule has 5 nitrogen and oxygen atoms in total. The number of carbonyl (C=O) groups excluding carboxylic acids is 1. The fourth-order valence-corrected chi connectivity index (χ4v) is 3.03. The molecule has 0 aromatic carbocycles. The van der Waals surface area contributed by atoms with Gasteiger partial charge >= 0.3 is 0 Å². The van der Waals surface area contributed by atoms with E-state index in [2.05, 4.69) is 10.2 Å². The highest BCUT2D eigenvalue weighted by Gasteiger charge is 2.33. The van der Waals surface area contributed by atoms with E-state index in [0.717, 1.165) is 24.9 Å². The maximum atomic E-state index is 11.9. The molecule has 0 spiro atoms. The van der Waals surface area contributed by atoms with Crippen LogP contribution in [0.25, 0.3) is 11.5 Å². The van der Waals surface area contributed by atoms with E-state index in [0.29, 0.717) is 18.2 Å². The Balaban J connectivity index is 1.84. The zero-order valence-electron chi connectivity index (χ0n) is 10.7. The van der Waals surface area contributed by atoms with E-state index in [1.807, 2.05) is 28.7 Å². The normalized spacial score (nSPS) is 19.0. The lowest BCUT2D eigenvalue weighted by molar-refractivity contribution is -0.132. The van der Waals surface area contributed by atoms with E-state index in [4.69, 9.17) is 4.42 Å². The van der Waals surface area contributed by atoms with Crippen molar-refractivity contribution in [2.24, 2.45) is 0 Å². The largest absolute Gasteiger partial charge is 0.418 e. The van der Waals surface area contributed by atoms with Crippen molar-refractivity contribution in [1.29, 1.82) is 0 Å². The van der Waals surface area contributed by atoms with Crippen molar-refractivity contribution in [3.63, 3.8) is 0 Å². The number of rotatable bonds is 3. The van der Waals surface area contributed by atoms with E-state index in [1.165, 1.54) is 0 Å². The molecule has 2 aromatic heterocycles. The first-order valence-corrected chi connectivity index (χ1v) is 7.39. The molecular weight excluding hydrogens is 262 g/mol. The van der Waals surface area contributed by atoms with Crippen LogP contribution in [0.5, 0.6) is 0 Å². The van der Waals surface area contributed by atoms with E-state index < -0.39 is 0 Å². The summed E-state index contributed by atoms with van der Waals surface area (Å²) in [6.07, 6.45) is 2.41. The minimum absolute atomic E-state index is 0.0488. The fraction of sp³-hybridized carbons (Fsp3) is 0.462. The maximum Gasteiger partial charge on any atom is 0.248 e. The van der Waals surface area contributed by atoms with Crippen LogP contribution in [0.4, 0.5) is 0 Å². The molecule has 100 valence electrons. The topological polar surface area (TPSA) is 59.2 Å². The molecule has 3 heterocycles. The highest BCUT2D eigenvalue weighted by Crippen LogP contribution is 2.33. The summed E-state index contributed by atoms with van der Waals surface area (Å²) in [5.74, 6) is 1.24. The summed E-state index contributed by atoms with van der Waals surface area (Å²) in [4.78, 5) is 13.7. The van der Waals surface area contributed by atoms with Crippen LogP contribution in [0.15, 0.2) is 21.2 Å². The average Bonchev–Trinajstić information content (AvgIpc) is 3.14. The van der Waals surface area contributed by atoms with Crippen molar-refractivity contribution in [2.75, 3.05) is 6.54 Å². The molecule has 0 bridgehead atoms. The van der Waals surface area contributed by atoms with Gasteiger partial charge in [-0.15, -0.1) is 10.2 Å². The van der Waals surface area contributed by atoms with Gasteiger partial charge in [-0.3, -0.25) is 4.79 Å². The summed E-state index contributed by atoms with van der Waals surface area (Å²) >= 11 is 1.59.